The van der Waals surface area contributed by atoms with Gasteiger partial charge in [-0.05, 0) is 38.1 Å². The molecule has 0 aliphatic carbocycles. The minimum atomic E-state index is 0.319. The van der Waals surface area contributed by atoms with Gasteiger partial charge in [0.15, 0.2) is 6.79 Å². The predicted molar refractivity (Wildman–Crippen MR) is 65.7 cm³/mol. The summed E-state index contributed by atoms with van der Waals surface area (Å²) >= 11 is 0. The summed E-state index contributed by atoms with van der Waals surface area (Å²) in [5.74, 6) is 0.850. The third-order valence-corrected chi connectivity index (χ3v) is 2.55. The summed E-state index contributed by atoms with van der Waals surface area (Å²) < 4.78 is 10.5. The molecule has 1 aromatic carbocycles. The Balaban J connectivity index is 2.53. The van der Waals surface area contributed by atoms with E-state index in [1.807, 2.05) is 26.1 Å². The summed E-state index contributed by atoms with van der Waals surface area (Å²) in [4.78, 5) is 0. The molecule has 1 N–H and O–H groups in total. The Morgan fingerprint density at radius 1 is 1.19 bits per heavy atom. The molecule has 16 heavy (non-hydrogen) atoms. The van der Waals surface area contributed by atoms with Crippen LogP contribution in [-0.2, 0) is 4.74 Å². The van der Waals surface area contributed by atoms with Gasteiger partial charge in [-0.25, -0.2) is 0 Å². The van der Waals surface area contributed by atoms with Gasteiger partial charge in [0, 0.05) is 12.6 Å². The third-order valence-electron chi connectivity index (χ3n) is 2.55. The van der Waals surface area contributed by atoms with E-state index in [1.165, 1.54) is 5.56 Å². The first-order valence-electron chi connectivity index (χ1n) is 5.79. The maximum absolute atomic E-state index is 5.41. The highest BCUT2D eigenvalue weighted by molar-refractivity contribution is 5.29. The zero-order valence-corrected chi connectivity index (χ0v) is 10.3. The fraction of sp³-hybridized carbons (Fsp3) is 0.538. The molecule has 0 saturated carbocycles. The summed E-state index contributed by atoms with van der Waals surface area (Å²) in [5, 5.41) is 3.27. The Kier molecular flexibility index (Phi) is 5.90. The molecule has 1 aromatic rings. The molecule has 1 atom stereocenters. The first-order valence-corrected chi connectivity index (χ1v) is 5.79. The van der Waals surface area contributed by atoms with Crippen LogP contribution < -0.4 is 10.1 Å². The molecule has 0 aliphatic rings. The normalized spacial score (nSPS) is 12.4. The van der Waals surface area contributed by atoms with Crippen molar-refractivity contribution < 1.29 is 9.47 Å². The van der Waals surface area contributed by atoms with E-state index in [-0.39, 0.29) is 0 Å². The molecule has 0 spiro atoms. The zero-order chi connectivity index (χ0) is 11.8. The second-order valence-corrected chi connectivity index (χ2v) is 3.57. The molecular formula is C13H21NO2. The lowest BCUT2D eigenvalue weighted by atomic mass is 10.1. The first-order chi connectivity index (χ1) is 7.81. The Morgan fingerprint density at radius 2 is 1.88 bits per heavy atom. The van der Waals surface area contributed by atoms with Crippen LogP contribution in [0.4, 0.5) is 0 Å². The van der Waals surface area contributed by atoms with Crippen molar-refractivity contribution in [3.8, 4) is 5.75 Å². The summed E-state index contributed by atoms with van der Waals surface area (Å²) in [6, 6.07) is 8.56. The molecule has 0 saturated heterocycles. The molecule has 1 unspecified atom stereocenters. The largest absolute Gasteiger partial charge is 0.468 e. The number of hydrogen-bond donors (Lipinski definition) is 1. The number of rotatable bonds is 7. The number of hydrogen-bond acceptors (Lipinski definition) is 3. The van der Waals surface area contributed by atoms with Crippen molar-refractivity contribution in [2.75, 3.05) is 20.4 Å². The molecule has 0 radical (unpaired) electrons. The Labute approximate surface area is 97.8 Å². The molecule has 0 aliphatic heterocycles. The van der Waals surface area contributed by atoms with Gasteiger partial charge in [0.1, 0.15) is 5.75 Å². The van der Waals surface area contributed by atoms with Crippen molar-refractivity contribution in [1.82, 2.24) is 5.32 Å². The van der Waals surface area contributed by atoms with Crippen LogP contribution in [-0.4, -0.2) is 20.4 Å². The van der Waals surface area contributed by atoms with E-state index in [0.29, 0.717) is 19.4 Å². The summed E-state index contributed by atoms with van der Waals surface area (Å²) in [7, 11) is 1.98. The standard InChI is InChI=1S/C13H21NO2/c1-4-13(14-3)11-6-8-12(9-7-11)16-10-15-5-2/h6-9,13-14H,4-5,10H2,1-3H3. The zero-order valence-electron chi connectivity index (χ0n) is 10.3. The van der Waals surface area contributed by atoms with Crippen LogP contribution in [0.3, 0.4) is 0 Å². The molecular weight excluding hydrogens is 202 g/mol. The van der Waals surface area contributed by atoms with Crippen LogP contribution in [0.15, 0.2) is 24.3 Å². The third kappa shape index (κ3) is 3.83. The summed E-state index contributed by atoms with van der Waals surface area (Å²) in [5.41, 5.74) is 1.29. The fourth-order valence-electron chi connectivity index (χ4n) is 1.60. The molecule has 1 rings (SSSR count). The topological polar surface area (TPSA) is 30.5 Å². The van der Waals surface area contributed by atoms with Crippen molar-refractivity contribution in [3.05, 3.63) is 29.8 Å². The highest BCUT2D eigenvalue weighted by Gasteiger charge is 2.05. The van der Waals surface area contributed by atoms with Crippen LogP contribution >= 0.6 is 0 Å². The van der Waals surface area contributed by atoms with Gasteiger partial charge in [-0.15, -0.1) is 0 Å². The van der Waals surface area contributed by atoms with Crippen LogP contribution in [0, 0.1) is 0 Å². The molecule has 0 heterocycles. The van der Waals surface area contributed by atoms with Gasteiger partial charge in [-0.3, -0.25) is 0 Å². The van der Waals surface area contributed by atoms with E-state index in [9.17, 15) is 0 Å². The van der Waals surface area contributed by atoms with E-state index in [2.05, 4.69) is 24.4 Å². The minimum absolute atomic E-state index is 0.319. The van der Waals surface area contributed by atoms with Crippen molar-refractivity contribution in [1.29, 1.82) is 0 Å². The average Bonchev–Trinajstić information content (AvgIpc) is 2.33. The minimum Gasteiger partial charge on any atom is -0.468 e. The molecule has 3 heteroatoms. The number of benzene rings is 1. The molecule has 90 valence electrons. The molecule has 0 amide bonds. The maximum Gasteiger partial charge on any atom is 0.189 e. The quantitative estimate of drug-likeness (QED) is 0.569. The van der Waals surface area contributed by atoms with Gasteiger partial charge in [-0.2, -0.15) is 0 Å². The lowest BCUT2D eigenvalue weighted by Gasteiger charge is -2.14. The van der Waals surface area contributed by atoms with Gasteiger partial charge in [-0.1, -0.05) is 19.1 Å². The lowest BCUT2D eigenvalue weighted by Crippen LogP contribution is -2.14. The molecule has 0 aromatic heterocycles. The van der Waals surface area contributed by atoms with E-state index >= 15 is 0 Å². The van der Waals surface area contributed by atoms with Gasteiger partial charge < -0.3 is 14.8 Å². The van der Waals surface area contributed by atoms with Crippen molar-refractivity contribution in [2.24, 2.45) is 0 Å². The van der Waals surface area contributed by atoms with Crippen LogP contribution in [0.25, 0.3) is 0 Å². The summed E-state index contributed by atoms with van der Waals surface area (Å²) in [6.45, 7) is 5.11. The summed E-state index contributed by atoms with van der Waals surface area (Å²) in [6.07, 6.45) is 1.08. The van der Waals surface area contributed by atoms with Crippen LogP contribution in [0.5, 0.6) is 5.75 Å². The predicted octanol–water partition coefficient (Wildman–Crippen LogP) is 2.73. The van der Waals surface area contributed by atoms with Gasteiger partial charge in [0.2, 0.25) is 0 Å². The van der Waals surface area contributed by atoms with Crippen molar-refractivity contribution in [2.45, 2.75) is 26.3 Å². The lowest BCUT2D eigenvalue weighted by molar-refractivity contribution is 0.0224. The maximum atomic E-state index is 5.41. The second kappa shape index (κ2) is 7.25. The Hall–Kier alpha value is -1.06. The average molecular weight is 223 g/mol. The van der Waals surface area contributed by atoms with E-state index in [4.69, 9.17) is 9.47 Å². The molecule has 0 fully saturated rings. The first kappa shape index (κ1) is 13.0. The highest BCUT2D eigenvalue weighted by atomic mass is 16.7. The van der Waals surface area contributed by atoms with Crippen molar-refractivity contribution >= 4 is 0 Å². The number of ether oxygens (including phenoxy) is 2. The SMILES string of the molecule is CCOCOc1ccc(C(CC)NC)cc1. The van der Waals surface area contributed by atoms with E-state index in [0.717, 1.165) is 12.2 Å². The fourth-order valence-corrected chi connectivity index (χ4v) is 1.60. The Morgan fingerprint density at radius 3 is 2.38 bits per heavy atom. The number of nitrogens with one attached hydrogen (secondary N) is 1. The van der Waals surface area contributed by atoms with Gasteiger partial charge >= 0.3 is 0 Å². The molecule has 3 nitrogen and oxygen atoms in total. The van der Waals surface area contributed by atoms with Crippen LogP contribution in [0.1, 0.15) is 31.9 Å². The monoisotopic (exact) mass is 223 g/mol. The van der Waals surface area contributed by atoms with E-state index in [1.54, 1.807) is 0 Å². The van der Waals surface area contributed by atoms with Crippen molar-refractivity contribution in [3.63, 3.8) is 0 Å². The molecule has 0 bridgehead atoms. The highest BCUT2D eigenvalue weighted by Crippen LogP contribution is 2.19. The second-order valence-electron chi connectivity index (χ2n) is 3.57. The Bertz CT molecular complexity index is 280. The van der Waals surface area contributed by atoms with E-state index < -0.39 is 0 Å². The smallest absolute Gasteiger partial charge is 0.189 e. The van der Waals surface area contributed by atoms with Gasteiger partial charge in [0.05, 0.1) is 0 Å². The van der Waals surface area contributed by atoms with Crippen LogP contribution in [0.2, 0.25) is 0 Å². The van der Waals surface area contributed by atoms with Gasteiger partial charge in [0.25, 0.3) is 0 Å².